The molecular weight excluding hydrogens is 228 g/mol. The molecular formula is C14H30N2O2. The van der Waals surface area contributed by atoms with E-state index >= 15 is 0 Å². The van der Waals surface area contributed by atoms with Gasteiger partial charge in [0.25, 0.3) is 0 Å². The van der Waals surface area contributed by atoms with E-state index in [2.05, 4.69) is 11.8 Å². The molecule has 0 aromatic heterocycles. The average molecular weight is 258 g/mol. The van der Waals surface area contributed by atoms with Gasteiger partial charge >= 0.3 is 0 Å². The maximum absolute atomic E-state index is 11.7. The van der Waals surface area contributed by atoms with Gasteiger partial charge in [-0.25, -0.2) is 0 Å². The second-order valence-electron chi connectivity index (χ2n) is 4.76. The first-order chi connectivity index (χ1) is 8.54. The minimum absolute atomic E-state index is 0.0656. The number of likely N-dealkylation sites (N-methyl/N-ethyl adjacent to an activating group) is 2. The van der Waals surface area contributed by atoms with Gasteiger partial charge in [-0.3, -0.25) is 9.69 Å². The Kier molecular flexibility index (Phi) is 9.02. The van der Waals surface area contributed by atoms with E-state index in [1.54, 1.807) is 4.90 Å². The van der Waals surface area contributed by atoms with Crippen molar-refractivity contribution in [2.75, 3.05) is 39.8 Å². The van der Waals surface area contributed by atoms with Crippen molar-refractivity contribution in [3.63, 3.8) is 0 Å². The molecule has 1 rings (SSSR count). The third kappa shape index (κ3) is 5.83. The molecule has 1 heterocycles. The molecule has 0 aliphatic carbocycles. The van der Waals surface area contributed by atoms with Gasteiger partial charge in [-0.1, -0.05) is 34.6 Å². The van der Waals surface area contributed by atoms with Crippen LogP contribution >= 0.6 is 0 Å². The molecule has 4 heteroatoms. The van der Waals surface area contributed by atoms with Gasteiger partial charge in [-0.15, -0.1) is 0 Å². The predicted molar refractivity (Wildman–Crippen MR) is 75.7 cm³/mol. The van der Waals surface area contributed by atoms with Crippen molar-refractivity contribution in [2.45, 2.75) is 40.7 Å². The lowest BCUT2D eigenvalue weighted by Gasteiger charge is -2.34. The van der Waals surface area contributed by atoms with E-state index < -0.39 is 0 Å². The second kappa shape index (κ2) is 9.34. The van der Waals surface area contributed by atoms with Gasteiger partial charge in [0.2, 0.25) is 5.91 Å². The maximum Gasteiger partial charge on any atom is 0.224 e. The first-order valence-corrected chi connectivity index (χ1v) is 7.13. The minimum atomic E-state index is 0.0656. The molecule has 1 amide bonds. The Balaban J connectivity index is 0.00000137. The van der Waals surface area contributed by atoms with Crippen molar-refractivity contribution >= 4 is 5.91 Å². The first-order valence-electron chi connectivity index (χ1n) is 7.13. The molecule has 1 aliphatic rings. The Bertz CT molecular complexity index is 232. The molecule has 0 aromatic carbocycles. The van der Waals surface area contributed by atoms with E-state index in [-0.39, 0.29) is 17.9 Å². The summed E-state index contributed by atoms with van der Waals surface area (Å²) in [5, 5.41) is 0. The lowest BCUT2D eigenvalue weighted by molar-refractivity contribution is -0.136. The van der Waals surface area contributed by atoms with Crippen molar-refractivity contribution in [1.82, 2.24) is 9.80 Å². The molecule has 108 valence electrons. The molecule has 4 nitrogen and oxygen atoms in total. The summed E-state index contributed by atoms with van der Waals surface area (Å²) in [6.07, 6.45) is 0.168. The summed E-state index contributed by atoms with van der Waals surface area (Å²) in [6.45, 7) is 14.5. The Morgan fingerprint density at radius 1 is 1.44 bits per heavy atom. The summed E-state index contributed by atoms with van der Waals surface area (Å²) in [7, 11) is 1.86. The fourth-order valence-electron chi connectivity index (χ4n) is 2.01. The number of morpholine rings is 1. The first kappa shape index (κ1) is 17.4. The number of amides is 1. The van der Waals surface area contributed by atoms with E-state index in [9.17, 15) is 4.79 Å². The van der Waals surface area contributed by atoms with Gasteiger partial charge in [0.1, 0.15) is 0 Å². The fraction of sp³-hybridized carbons (Fsp3) is 0.929. The standard InChI is InChI=1S/C12H24N2O2.C2H6/c1-5-14-6-7-16-11(9-14)8-13(4)12(15)10(2)3;1-2/h10-11H,5-9H2,1-4H3;1-2H3/t11-;/m1./s1. The number of rotatable bonds is 4. The van der Waals surface area contributed by atoms with E-state index in [0.717, 1.165) is 26.2 Å². The highest BCUT2D eigenvalue weighted by Crippen LogP contribution is 2.08. The van der Waals surface area contributed by atoms with Crippen molar-refractivity contribution in [1.29, 1.82) is 0 Å². The molecule has 0 aromatic rings. The maximum atomic E-state index is 11.7. The summed E-state index contributed by atoms with van der Waals surface area (Å²) >= 11 is 0. The van der Waals surface area contributed by atoms with Gasteiger partial charge in [-0.2, -0.15) is 0 Å². The molecule has 1 atom stereocenters. The third-order valence-electron chi connectivity index (χ3n) is 3.02. The van der Waals surface area contributed by atoms with Crippen LogP contribution < -0.4 is 0 Å². The van der Waals surface area contributed by atoms with Crippen LogP contribution in [-0.2, 0) is 9.53 Å². The molecule has 0 unspecified atom stereocenters. The summed E-state index contributed by atoms with van der Waals surface area (Å²) in [5.74, 6) is 0.257. The van der Waals surface area contributed by atoms with Crippen LogP contribution in [0.4, 0.5) is 0 Å². The molecule has 0 bridgehead atoms. The number of nitrogens with zero attached hydrogens (tertiary/aromatic N) is 2. The van der Waals surface area contributed by atoms with Crippen LogP contribution in [0, 0.1) is 5.92 Å². The molecule has 0 N–H and O–H groups in total. The second-order valence-corrected chi connectivity index (χ2v) is 4.76. The highest BCUT2D eigenvalue weighted by Gasteiger charge is 2.23. The van der Waals surface area contributed by atoms with E-state index in [1.165, 1.54) is 0 Å². The topological polar surface area (TPSA) is 32.8 Å². The smallest absolute Gasteiger partial charge is 0.224 e. The van der Waals surface area contributed by atoms with E-state index in [0.29, 0.717) is 6.54 Å². The number of carbonyl (C=O) groups excluding carboxylic acids is 1. The van der Waals surface area contributed by atoms with Crippen LogP contribution in [0.15, 0.2) is 0 Å². The van der Waals surface area contributed by atoms with Crippen LogP contribution in [-0.4, -0.2) is 61.6 Å². The molecule has 1 fully saturated rings. The van der Waals surface area contributed by atoms with Gasteiger partial charge in [0.05, 0.1) is 12.7 Å². The Morgan fingerprint density at radius 2 is 2.06 bits per heavy atom. The van der Waals surface area contributed by atoms with Crippen LogP contribution in [0.5, 0.6) is 0 Å². The number of ether oxygens (including phenoxy) is 1. The summed E-state index contributed by atoms with van der Waals surface area (Å²) in [5.41, 5.74) is 0. The van der Waals surface area contributed by atoms with Crippen molar-refractivity contribution in [3.05, 3.63) is 0 Å². The van der Waals surface area contributed by atoms with Crippen LogP contribution in [0.25, 0.3) is 0 Å². The summed E-state index contributed by atoms with van der Waals surface area (Å²) in [6, 6.07) is 0. The van der Waals surface area contributed by atoms with Crippen molar-refractivity contribution in [2.24, 2.45) is 5.92 Å². The molecule has 0 spiro atoms. The van der Waals surface area contributed by atoms with Crippen molar-refractivity contribution in [3.8, 4) is 0 Å². The van der Waals surface area contributed by atoms with Gasteiger partial charge in [-0.05, 0) is 6.54 Å². The molecule has 18 heavy (non-hydrogen) atoms. The Hall–Kier alpha value is -0.610. The van der Waals surface area contributed by atoms with Gasteiger partial charge in [0, 0.05) is 32.6 Å². The molecule has 0 radical (unpaired) electrons. The summed E-state index contributed by atoms with van der Waals surface area (Å²) < 4.78 is 5.68. The van der Waals surface area contributed by atoms with Crippen LogP contribution in [0.2, 0.25) is 0 Å². The zero-order chi connectivity index (χ0) is 14.1. The van der Waals surface area contributed by atoms with Gasteiger partial charge in [0.15, 0.2) is 0 Å². The largest absolute Gasteiger partial charge is 0.374 e. The Morgan fingerprint density at radius 3 is 2.56 bits per heavy atom. The zero-order valence-corrected chi connectivity index (χ0v) is 12.9. The number of hydrogen-bond acceptors (Lipinski definition) is 3. The molecule has 0 saturated carbocycles. The third-order valence-corrected chi connectivity index (χ3v) is 3.02. The highest BCUT2D eigenvalue weighted by atomic mass is 16.5. The molecule has 1 aliphatic heterocycles. The Labute approximate surface area is 112 Å². The summed E-state index contributed by atoms with van der Waals surface area (Å²) in [4.78, 5) is 15.9. The predicted octanol–water partition coefficient (Wildman–Crippen LogP) is 1.85. The molecule has 1 saturated heterocycles. The van der Waals surface area contributed by atoms with Crippen LogP contribution in [0.1, 0.15) is 34.6 Å². The lowest BCUT2D eigenvalue weighted by Crippen LogP contribution is -2.48. The normalized spacial score (nSPS) is 20.3. The number of hydrogen-bond donors (Lipinski definition) is 0. The monoisotopic (exact) mass is 258 g/mol. The zero-order valence-electron chi connectivity index (χ0n) is 12.9. The van der Waals surface area contributed by atoms with Crippen molar-refractivity contribution < 1.29 is 9.53 Å². The minimum Gasteiger partial charge on any atom is -0.374 e. The van der Waals surface area contributed by atoms with Gasteiger partial charge < -0.3 is 9.64 Å². The lowest BCUT2D eigenvalue weighted by atomic mass is 10.2. The number of carbonyl (C=O) groups is 1. The SMILES string of the molecule is CC.CCN1CCO[C@H](CN(C)C(=O)C(C)C)C1. The quantitative estimate of drug-likeness (QED) is 0.771. The van der Waals surface area contributed by atoms with E-state index in [4.69, 9.17) is 4.74 Å². The highest BCUT2D eigenvalue weighted by molar-refractivity contribution is 5.77. The average Bonchev–Trinajstić information content (AvgIpc) is 2.40. The van der Waals surface area contributed by atoms with E-state index in [1.807, 2.05) is 34.7 Å². The van der Waals surface area contributed by atoms with Crippen LogP contribution in [0.3, 0.4) is 0 Å². The fourth-order valence-corrected chi connectivity index (χ4v) is 2.01.